The number of rotatable bonds is 6. The van der Waals surface area contributed by atoms with Crippen molar-refractivity contribution in [3.8, 4) is 11.5 Å². The average Bonchev–Trinajstić information content (AvgIpc) is 2.47. The Hall–Kier alpha value is -2.23. The van der Waals surface area contributed by atoms with Gasteiger partial charge in [0, 0.05) is 12.7 Å². The van der Waals surface area contributed by atoms with Gasteiger partial charge in [0.2, 0.25) is 0 Å². The zero-order valence-electron chi connectivity index (χ0n) is 12.1. The van der Waals surface area contributed by atoms with E-state index in [1.54, 1.807) is 13.3 Å². The molecular weight excluding hydrogens is 252 g/mol. The monoisotopic (exact) mass is 272 g/mol. The van der Waals surface area contributed by atoms with Crippen LogP contribution in [-0.4, -0.2) is 18.7 Å². The molecule has 0 amide bonds. The van der Waals surface area contributed by atoms with Crippen LogP contribution in [0, 0.1) is 6.92 Å². The Labute approximate surface area is 119 Å². The van der Waals surface area contributed by atoms with E-state index in [1.807, 2.05) is 37.4 Å². The summed E-state index contributed by atoms with van der Waals surface area (Å²) in [7, 11) is 1.65. The third-order valence-electron chi connectivity index (χ3n) is 3.05. The van der Waals surface area contributed by atoms with Crippen molar-refractivity contribution in [2.75, 3.05) is 19.0 Å². The van der Waals surface area contributed by atoms with E-state index in [0.717, 1.165) is 29.3 Å². The van der Waals surface area contributed by atoms with Crippen molar-refractivity contribution in [1.82, 2.24) is 4.98 Å². The molecule has 0 bridgehead atoms. The summed E-state index contributed by atoms with van der Waals surface area (Å²) < 4.78 is 10.9. The lowest BCUT2D eigenvalue weighted by atomic mass is 10.2. The van der Waals surface area contributed by atoms with Gasteiger partial charge in [-0.3, -0.25) is 4.98 Å². The number of nitrogens with zero attached hydrogens (tertiary/aromatic N) is 1. The Morgan fingerprint density at radius 3 is 2.75 bits per heavy atom. The molecule has 0 saturated carbocycles. The molecule has 1 aromatic heterocycles. The third-order valence-corrected chi connectivity index (χ3v) is 3.05. The van der Waals surface area contributed by atoms with E-state index in [4.69, 9.17) is 9.47 Å². The Bertz CT molecular complexity index is 570. The second-order valence-corrected chi connectivity index (χ2v) is 4.46. The highest BCUT2D eigenvalue weighted by Gasteiger charge is 2.05. The predicted molar refractivity (Wildman–Crippen MR) is 80.5 cm³/mol. The van der Waals surface area contributed by atoms with Gasteiger partial charge in [-0.05, 0) is 43.2 Å². The molecule has 0 atom stereocenters. The summed E-state index contributed by atoms with van der Waals surface area (Å²) in [6.45, 7) is 5.36. The minimum Gasteiger partial charge on any atom is -0.493 e. The van der Waals surface area contributed by atoms with Gasteiger partial charge in [-0.1, -0.05) is 6.07 Å². The molecule has 20 heavy (non-hydrogen) atoms. The van der Waals surface area contributed by atoms with Gasteiger partial charge in [0.1, 0.15) is 0 Å². The zero-order valence-corrected chi connectivity index (χ0v) is 12.1. The largest absolute Gasteiger partial charge is 0.493 e. The van der Waals surface area contributed by atoms with Gasteiger partial charge in [-0.25, -0.2) is 0 Å². The van der Waals surface area contributed by atoms with E-state index in [-0.39, 0.29) is 0 Å². The maximum Gasteiger partial charge on any atom is 0.161 e. The predicted octanol–water partition coefficient (Wildman–Crippen LogP) is 3.41. The summed E-state index contributed by atoms with van der Waals surface area (Å²) >= 11 is 0. The molecule has 1 heterocycles. The van der Waals surface area contributed by atoms with E-state index in [2.05, 4.69) is 17.2 Å². The Kier molecular flexibility index (Phi) is 4.82. The molecule has 106 valence electrons. The van der Waals surface area contributed by atoms with Gasteiger partial charge in [0.25, 0.3) is 0 Å². The Morgan fingerprint density at radius 1 is 1.20 bits per heavy atom. The van der Waals surface area contributed by atoms with E-state index in [0.29, 0.717) is 6.61 Å². The summed E-state index contributed by atoms with van der Waals surface area (Å²) in [6, 6.07) is 7.95. The summed E-state index contributed by atoms with van der Waals surface area (Å²) in [4.78, 5) is 4.12. The lowest BCUT2D eigenvalue weighted by molar-refractivity contribution is 0.310. The maximum absolute atomic E-state index is 5.58. The van der Waals surface area contributed by atoms with Crippen molar-refractivity contribution < 1.29 is 9.47 Å². The standard InChI is InChI=1S/C16H20N2O2/c1-4-20-16-9-13(5-6-15(16)19-3)10-18-14-11-17-8-7-12(14)2/h5-9,11,18H,4,10H2,1-3H3. The molecule has 1 N–H and O–H groups in total. The van der Waals surface area contributed by atoms with Crippen molar-refractivity contribution in [1.29, 1.82) is 0 Å². The summed E-state index contributed by atoms with van der Waals surface area (Å²) in [5, 5.41) is 3.38. The number of hydrogen-bond acceptors (Lipinski definition) is 4. The first-order chi connectivity index (χ1) is 9.74. The van der Waals surface area contributed by atoms with Crippen molar-refractivity contribution >= 4 is 5.69 Å². The van der Waals surface area contributed by atoms with Crippen LogP contribution in [0.25, 0.3) is 0 Å². The van der Waals surface area contributed by atoms with Gasteiger partial charge in [0.05, 0.1) is 25.6 Å². The lowest BCUT2D eigenvalue weighted by Crippen LogP contribution is -2.03. The van der Waals surface area contributed by atoms with E-state index < -0.39 is 0 Å². The molecular formula is C16H20N2O2. The smallest absolute Gasteiger partial charge is 0.161 e. The van der Waals surface area contributed by atoms with Crippen LogP contribution in [0.15, 0.2) is 36.7 Å². The van der Waals surface area contributed by atoms with E-state index in [9.17, 15) is 0 Å². The van der Waals surface area contributed by atoms with Crippen LogP contribution < -0.4 is 14.8 Å². The maximum atomic E-state index is 5.58. The first-order valence-electron chi connectivity index (χ1n) is 6.68. The zero-order chi connectivity index (χ0) is 14.4. The minimum atomic E-state index is 0.620. The number of anilines is 1. The van der Waals surface area contributed by atoms with E-state index >= 15 is 0 Å². The van der Waals surface area contributed by atoms with Crippen molar-refractivity contribution in [3.63, 3.8) is 0 Å². The number of nitrogens with one attached hydrogen (secondary N) is 1. The van der Waals surface area contributed by atoms with Crippen molar-refractivity contribution in [2.24, 2.45) is 0 Å². The fourth-order valence-corrected chi connectivity index (χ4v) is 1.95. The number of hydrogen-bond donors (Lipinski definition) is 1. The quantitative estimate of drug-likeness (QED) is 0.875. The number of methoxy groups -OCH3 is 1. The number of aromatic nitrogens is 1. The Balaban J connectivity index is 2.10. The van der Waals surface area contributed by atoms with Crippen molar-refractivity contribution in [3.05, 3.63) is 47.8 Å². The molecule has 0 aliphatic carbocycles. The fraction of sp³-hybridized carbons (Fsp3) is 0.312. The minimum absolute atomic E-state index is 0.620. The molecule has 0 fully saturated rings. The highest BCUT2D eigenvalue weighted by molar-refractivity contribution is 5.49. The molecule has 2 aromatic rings. The SMILES string of the molecule is CCOc1cc(CNc2cnccc2C)ccc1OC. The van der Waals surface area contributed by atoms with Crippen LogP contribution in [0.3, 0.4) is 0 Å². The molecule has 0 unspecified atom stereocenters. The number of ether oxygens (including phenoxy) is 2. The molecule has 4 nitrogen and oxygen atoms in total. The number of aryl methyl sites for hydroxylation is 1. The van der Waals surface area contributed by atoms with Gasteiger partial charge in [-0.2, -0.15) is 0 Å². The highest BCUT2D eigenvalue weighted by Crippen LogP contribution is 2.28. The van der Waals surface area contributed by atoms with Crippen LogP contribution in [0.5, 0.6) is 11.5 Å². The van der Waals surface area contributed by atoms with Crippen LogP contribution >= 0.6 is 0 Å². The van der Waals surface area contributed by atoms with Crippen LogP contribution in [0.2, 0.25) is 0 Å². The van der Waals surface area contributed by atoms with Crippen LogP contribution in [0.4, 0.5) is 5.69 Å². The molecule has 2 rings (SSSR count). The molecule has 0 aliphatic heterocycles. The second kappa shape index (κ2) is 6.80. The summed E-state index contributed by atoms with van der Waals surface area (Å²) in [6.07, 6.45) is 3.63. The molecule has 1 aromatic carbocycles. The molecule has 0 radical (unpaired) electrons. The number of benzene rings is 1. The fourth-order valence-electron chi connectivity index (χ4n) is 1.95. The van der Waals surface area contributed by atoms with Crippen LogP contribution in [-0.2, 0) is 6.54 Å². The number of pyridine rings is 1. The average molecular weight is 272 g/mol. The van der Waals surface area contributed by atoms with Gasteiger partial charge >= 0.3 is 0 Å². The molecule has 0 spiro atoms. The second-order valence-electron chi connectivity index (χ2n) is 4.46. The van der Waals surface area contributed by atoms with Gasteiger partial charge in [0.15, 0.2) is 11.5 Å². The molecule has 4 heteroatoms. The van der Waals surface area contributed by atoms with Crippen LogP contribution in [0.1, 0.15) is 18.1 Å². The van der Waals surface area contributed by atoms with Crippen molar-refractivity contribution in [2.45, 2.75) is 20.4 Å². The molecule has 0 aliphatic rings. The third kappa shape index (κ3) is 3.41. The van der Waals surface area contributed by atoms with Gasteiger partial charge < -0.3 is 14.8 Å². The van der Waals surface area contributed by atoms with E-state index in [1.165, 1.54) is 5.56 Å². The molecule has 0 saturated heterocycles. The first-order valence-corrected chi connectivity index (χ1v) is 6.68. The normalized spacial score (nSPS) is 10.2. The highest BCUT2D eigenvalue weighted by atomic mass is 16.5. The van der Waals surface area contributed by atoms with Gasteiger partial charge in [-0.15, -0.1) is 0 Å². The topological polar surface area (TPSA) is 43.4 Å². The summed E-state index contributed by atoms with van der Waals surface area (Å²) in [5.74, 6) is 1.53. The first kappa shape index (κ1) is 14.2. The summed E-state index contributed by atoms with van der Waals surface area (Å²) in [5.41, 5.74) is 3.36. The lowest BCUT2D eigenvalue weighted by Gasteiger charge is -2.12. The Morgan fingerprint density at radius 2 is 2.05 bits per heavy atom.